The van der Waals surface area contributed by atoms with Crippen molar-refractivity contribution in [3.8, 4) is 0 Å². The smallest absolute Gasteiger partial charge is 0.318 e. The summed E-state index contributed by atoms with van der Waals surface area (Å²) in [6.07, 6.45) is 0.982. The Balaban J connectivity index is 2.61. The van der Waals surface area contributed by atoms with E-state index in [1.807, 2.05) is 19.1 Å². The minimum absolute atomic E-state index is 0.334. The van der Waals surface area contributed by atoms with Crippen LogP contribution in [0.5, 0.6) is 0 Å². The Hall–Kier alpha value is -1.64. The van der Waals surface area contributed by atoms with E-state index < -0.39 is 11.6 Å². The number of rotatable bonds is 3. The van der Waals surface area contributed by atoms with E-state index in [1.165, 1.54) is 0 Å². The molecule has 3 heteroatoms. The van der Waals surface area contributed by atoms with Crippen molar-refractivity contribution in [1.82, 2.24) is 0 Å². The zero-order valence-electron chi connectivity index (χ0n) is 10.6. The number of benzene rings is 1. The Morgan fingerprint density at radius 3 is 2.12 bits per heavy atom. The van der Waals surface area contributed by atoms with Gasteiger partial charge in [-0.2, -0.15) is 0 Å². The Morgan fingerprint density at radius 2 is 1.65 bits per heavy atom. The van der Waals surface area contributed by atoms with E-state index in [-0.39, 0.29) is 5.78 Å². The number of ketones is 1. The molecule has 1 aromatic rings. The minimum Gasteiger partial charge on any atom is -0.459 e. The molecule has 1 rings (SSSR count). The first-order valence-electron chi connectivity index (χ1n) is 5.47. The van der Waals surface area contributed by atoms with E-state index in [9.17, 15) is 9.59 Å². The van der Waals surface area contributed by atoms with Crippen LogP contribution in [0.1, 0.15) is 36.7 Å². The summed E-state index contributed by atoms with van der Waals surface area (Å²) in [5.74, 6) is -0.942. The molecule has 91 valence electrons. The second-order valence-corrected chi connectivity index (χ2v) is 4.91. The summed E-state index contributed by atoms with van der Waals surface area (Å²) >= 11 is 0. The van der Waals surface area contributed by atoms with Crippen LogP contribution in [0.25, 0.3) is 0 Å². The van der Waals surface area contributed by atoms with Gasteiger partial charge in [-0.15, -0.1) is 0 Å². The first-order valence-corrected chi connectivity index (χ1v) is 5.47. The maximum atomic E-state index is 11.7. The van der Waals surface area contributed by atoms with Crippen LogP contribution in [0.2, 0.25) is 0 Å². The summed E-state index contributed by atoms with van der Waals surface area (Å²) in [4.78, 5) is 23.1. The van der Waals surface area contributed by atoms with Gasteiger partial charge in [-0.3, -0.25) is 9.59 Å². The average Bonchev–Trinajstić information content (AvgIpc) is 2.15. The molecule has 0 aliphatic heterocycles. The summed E-state index contributed by atoms with van der Waals surface area (Å²) in [7, 11) is 0. The Morgan fingerprint density at radius 1 is 1.12 bits per heavy atom. The lowest BCUT2D eigenvalue weighted by atomic mass is 10.1. The van der Waals surface area contributed by atoms with E-state index in [1.54, 1.807) is 32.9 Å². The average molecular weight is 233 g/mol. The van der Waals surface area contributed by atoms with Crippen LogP contribution in [0.4, 0.5) is 0 Å². The van der Waals surface area contributed by atoms with Gasteiger partial charge in [0, 0.05) is 5.56 Å². The number of ether oxygens (including phenoxy) is 1. The van der Waals surface area contributed by atoms with Gasteiger partial charge in [0.2, 0.25) is 0 Å². The van der Waals surface area contributed by atoms with Crippen LogP contribution in [-0.4, -0.2) is 17.4 Å². The fraction of sp³-hybridized carbons (Fsp3) is 0.357. The van der Waals surface area contributed by atoms with Crippen molar-refractivity contribution >= 4 is 11.8 Å². The van der Waals surface area contributed by atoms with Crippen LogP contribution < -0.4 is 0 Å². The van der Waals surface area contributed by atoms with E-state index in [0.717, 1.165) is 12.0 Å². The monoisotopic (exact) mass is 233 g/mol. The van der Waals surface area contributed by atoms with Gasteiger partial charge in [-0.25, -0.2) is 0 Å². The summed E-state index contributed by atoms with van der Waals surface area (Å²) < 4.78 is 5.04. The summed E-state index contributed by atoms with van der Waals surface area (Å²) in [5, 5.41) is 0. The molecule has 0 bridgehead atoms. The molecule has 0 aromatic heterocycles. The van der Waals surface area contributed by atoms with Crippen LogP contribution >= 0.6 is 0 Å². The molecule has 0 saturated carbocycles. The molecule has 0 aliphatic carbocycles. The quantitative estimate of drug-likeness (QED) is 0.458. The number of Topliss-reactive ketones (excluding diaryl/α,β-unsaturated/α-hetero) is 1. The summed E-state index contributed by atoms with van der Waals surface area (Å²) in [6, 6.07) is 7.05. The lowest BCUT2D eigenvalue weighted by molar-refractivity contribution is -0.149. The lowest BCUT2D eigenvalue weighted by Gasteiger charge is -2.18. The van der Waals surface area contributed by atoms with Crippen molar-refractivity contribution in [2.24, 2.45) is 0 Å². The molecule has 0 amide bonds. The largest absolute Gasteiger partial charge is 0.459 e. The highest BCUT2D eigenvalue weighted by Crippen LogP contribution is 2.10. The first kappa shape index (κ1) is 13.4. The molecular weight excluding hydrogens is 216 g/mol. The third kappa shape index (κ3) is 4.81. The molecule has 0 atom stereocenters. The molecule has 0 saturated heterocycles. The second kappa shape index (κ2) is 5.13. The van der Waals surface area contributed by atoms with Crippen molar-refractivity contribution < 1.29 is 14.3 Å². The van der Waals surface area contributed by atoms with Gasteiger partial charge >= 0.3 is 5.97 Å². The number of aryl methyl sites for hydroxylation is 1. The van der Waals surface area contributed by atoms with Gasteiger partial charge in [0.1, 0.15) is 12.0 Å². The highest BCUT2D eigenvalue weighted by atomic mass is 16.6. The van der Waals surface area contributed by atoms with E-state index in [0.29, 0.717) is 5.56 Å². The van der Waals surface area contributed by atoms with Gasteiger partial charge in [-0.1, -0.05) is 29.8 Å². The molecule has 3 nitrogen and oxygen atoms in total. The van der Waals surface area contributed by atoms with Crippen molar-refractivity contribution in [3.63, 3.8) is 0 Å². The van der Waals surface area contributed by atoms with Gasteiger partial charge in [0.25, 0.3) is 0 Å². The number of carbonyl (C=O) groups excluding carboxylic acids is 2. The van der Waals surface area contributed by atoms with Crippen LogP contribution in [0.15, 0.2) is 24.3 Å². The van der Waals surface area contributed by atoms with Crippen LogP contribution in [-0.2, 0) is 9.53 Å². The maximum Gasteiger partial charge on any atom is 0.318 e. The molecule has 0 heterocycles. The van der Waals surface area contributed by atoms with E-state index in [2.05, 4.69) is 0 Å². The molecule has 0 fully saturated rings. The summed E-state index contributed by atoms with van der Waals surface area (Å²) in [5.41, 5.74) is 0.974. The Kier molecular flexibility index (Phi) is 4.05. The maximum absolute atomic E-state index is 11.7. The molecule has 1 radical (unpaired) electrons. The third-order valence-corrected chi connectivity index (χ3v) is 1.99. The normalized spacial score (nSPS) is 11.1. The Labute approximate surface area is 102 Å². The molecule has 0 N–H and O–H groups in total. The highest BCUT2D eigenvalue weighted by molar-refractivity contribution is 6.15. The molecule has 1 aromatic carbocycles. The van der Waals surface area contributed by atoms with Crippen molar-refractivity contribution in [2.45, 2.75) is 33.3 Å². The van der Waals surface area contributed by atoms with Crippen LogP contribution in [0.3, 0.4) is 0 Å². The topological polar surface area (TPSA) is 43.4 Å². The summed E-state index contributed by atoms with van der Waals surface area (Å²) in [6.45, 7) is 7.21. The zero-order valence-corrected chi connectivity index (χ0v) is 10.6. The fourth-order valence-electron chi connectivity index (χ4n) is 1.24. The lowest BCUT2D eigenvalue weighted by Crippen LogP contribution is -2.25. The third-order valence-electron chi connectivity index (χ3n) is 1.99. The van der Waals surface area contributed by atoms with Gasteiger partial charge in [0.05, 0.1) is 0 Å². The Bertz CT molecular complexity index is 410. The molecule has 0 spiro atoms. The van der Waals surface area contributed by atoms with Crippen molar-refractivity contribution in [1.29, 1.82) is 0 Å². The highest BCUT2D eigenvalue weighted by Gasteiger charge is 2.20. The van der Waals surface area contributed by atoms with Gasteiger partial charge in [-0.05, 0) is 27.7 Å². The molecular formula is C14H17O3. The predicted molar refractivity (Wildman–Crippen MR) is 65.7 cm³/mol. The van der Waals surface area contributed by atoms with Crippen molar-refractivity contribution in [3.05, 3.63) is 41.8 Å². The molecule has 0 aliphatic rings. The zero-order chi connectivity index (χ0) is 13.1. The van der Waals surface area contributed by atoms with E-state index >= 15 is 0 Å². The van der Waals surface area contributed by atoms with Gasteiger partial charge in [0.15, 0.2) is 5.78 Å². The molecule has 0 unspecified atom stereocenters. The fourth-order valence-corrected chi connectivity index (χ4v) is 1.24. The number of hydrogen-bond donors (Lipinski definition) is 0. The predicted octanol–water partition coefficient (Wildman–Crippen LogP) is 2.72. The van der Waals surface area contributed by atoms with Crippen LogP contribution in [0, 0.1) is 13.3 Å². The van der Waals surface area contributed by atoms with E-state index in [4.69, 9.17) is 4.74 Å². The number of hydrogen-bond acceptors (Lipinski definition) is 3. The molecule has 17 heavy (non-hydrogen) atoms. The minimum atomic E-state index is -0.608. The standard InChI is InChI=1S/C14H17O3/c1-10-5-7-11(8-6-10)12(15)9-13(16)17-14(2,3)4/h5-9H,1-4H3. The second-order valence-electron chi connectivity index (χ2n) is 4.91. The van der Waals surface area contributed by atoms with Gasteiger partial charge < -0.3 is 4.74 Å². The van der Waals surface area contributed by atoms with Crippen molar-refractivity contribution in [2.75, 3.05) is 0 Å². The number of carbonyl (C=O) groups is 2. The number of esters is 1. The SMILES string of the molecule is Cc1ccc(C(=O)[CH]C(=O)OC(C)(C)C)cc1. The first-order chi connectivity index (χ1) is 7.78.